The summed E-state index contributed by atoms with van der Waals surface area (Å²) in [7, 11) is 0. The van der Waals surface area contributed by atoms with Gasteiger partial charge >= 0.3 is 0 Å². The van der Waals surface area contributed by atoms with Crippen LogP contribution in [0.15, 0.2) is 12.5 Å². The van der Waals surface area contributed by atoms with Crippen molar-refractivity contribution in [2.45, 2.75) is 25.3 Å². The standard InChI is InChI=1S/C9H15N3O/c1-2-8(3-5-13-4-1)12-9-6-10-7-11-9/h6-8,12H,1-5H2,(H,10,11). The van der Waals surface area contributed by atoms with Crippen LogP contribution in [0.4, 0.5) is 5.82 Å². The van der Waals surface area contributed by atoms with Crippen LogP contribution in [-0.4, -0.2) is 29.2 Å². The van der Waals surface area contributed by atoms with Gasteiger partial charge in [0.1, 0.15) is 5.82 Å². The summed E-state index contributed by atoms with van der Waals surface area (Å²) in [4.78, 5) is 7.00. The molecular weight excluding hydrogens is 166 g/mol. The lowest BCUT2D eigenvalue weighted by Crippen LogP contribution is -2.19. The van der Waals surface area contributed by atoms with Crippen LogP contribution in [-0.2, 0) is 4.74 Å². The van der Waals surface area contributed by atoms with Gasteiger partial charge in [-0.2, -0.15) is 0 Å². The number of nitrogens with zero attached hydrogens (tertiary/aromatic N) is 1. The lowest BCUT2D eigenvalue weighted by molar-refractivity contribution is 0.144. The van der Waals surface area contributed by atoms with Crippen LogP contribution < -0.4 is 5.32 Å². The number of aromatic amines is 1. The average molecular weight is 181 g/mol. The Bertz CT molecular complexity index is 227. The quantitative estimate of drug-likeness (QED) is 0.725. The first-order chi connectivity index (χ1) is 6.45. The van der Waals surface area contributed by atoms with Gasteiger partial charge < -0.3 is 15.0 Å². The number of nitrogens with one attached hydrogen (secondary N) is 2. The molecule has 0 bridgehead atoms. The molecule has 1 aromatic rings. The van der Waals surface area contributed by atoms with Crippen LogP contribution in [0.25, 0.3) is 0 Å². The molecule has 0 saturated carbocycles. The van der Waals surface area contributed by atoms with Crippen molar-refractivity contribution in [3.8, 4) is 0 Å². The third-order valence-corrected chi connectivity index (χ3v) is 2.31. The van der Waals surface area contributed by atoms with Gasteiger partial charge in [-0.05, 0) is 19.3 Å². The maximum atomic E-state index is 5.38. The topological polar surface area (TPSA) is 49.9 Å². The van der Waals surface area contributed by atoms with Gasteiger partial charge in [-0.1, -0.05) is 0 Å². The maximum Gasteiger partial charge on any atom is 0.123 e. The molecule has 1 atom stereocenters. The molecule has 0 spiro atoms. The monoisotopic (exact) mass is 181 g/mol. The highest BCUT2D eigenvalue weighted by Crippen LogP contribution is 2.12. The first kappa shape index (κ1) is 8.56. The summed E-state index contributed by atoms with van der Waals surface area (Å²) in [6, 6.07) is 0.531. The normalized spacial score (nSPS) is 23.8. The lowest BCUT2D eigenvalue weighted by atomic mass is 10.1. The van der Waals surface area contributed by atoms with Crippen molar-refractivity contribution < 1.29 is 4.74 Å². The molecule has 13 heavy (non-hydrogen) atoms. The summed E-state index contributed by atoms with van der Waals surface area (Å²) in [6.07, 6.45) is 6.91. The van der Waals surface area contributed by atoms with E-state index in [1.165, 1.54) is 6.42 Å². The molecule has 1 unspecified atom stereocenters. The smallest absolute Gasteiger partial charge is 0.123 e. The third-order valence-electron chi connectivity index (χ3n) is 2.31. The molecule has 4 nitrogen and oxygen atoms in total. The molecule has 2 N–H and O–H groups in total. The molecule has 2 rings (SSSR count). The number of anilines is 1. The number of imidazole rings is 1. The highest BCUT2D eigenvalue weighted by atomic mass is 16.5. The fraction of sp³-hybridized carbons (Fsp3) is 0.667. The van der Waals surface area contributed by atoms with Gasteiger partial charge in [-0.3, -0.25) is 0 Å². The predicted molar refractivity (Wildman–Crippen MR) is 50.7 cm³/mol. The zero-order valence-corrected chi connectivity index (χ0v) is 7.62. The van der Waals surface area contributed by atoms with E-state index in [2.05, 4.69) is 15.3 Å². The highest BCUT2D eigenvalue weighted by molar-refractivity contribution is 5.31. The summed E-state index contributed by atoms with van der Waals surface area (Å²) < 4.78 is 5.38. The van der Waals surface area contributed by atoms with Crippen molar-refractivity contribution in [3.63, 3.8) is 0 Å². The van der Waals surface area contributed by atoms with Crippen LogP contribution >= 0.6 is 0 Å². The molecule has 0 amide bonds. The largest absolute Gasteiger partial charge is 0.381 e. The molecule has 0 radical (unpaired) electrons. The van der Waals surface area contributed by atoms with E-state index in [0.29, 0.717) is 6.04 Å². The Labute approximate surface area is 77.7 Å². The summed E-state index contributed by atoms with van der Waals surface area (Å²) in [5.41, 5.74) is 0. The van der Waals surface area contributed by atoms with E-state index in [1.54, 1.807) is 6.33 Å². The van der Waals surface area contributed by atoms with Gasteiger partial charge in [-0.15, -0.1) is 0 Å². The number of rotatable bonds is 2. The molecule has 4 heteroatoms. The van der Waals surface area contributed by atoms with Gasteiger partial charge in [0, 0.05) is 19.3 Å². The molecule has 0 aliphatic carbocycles. The molecule has 2 heterocycles. The highest BCUT2D eigenvalue weighted by Gasteiger charge is 2.11. The minimum Gasteiger partial charge on any atom is -0.381 e. The van der Waals surface area contributed by atoms with E-state index in [1.807, 2.05) is 6.20 Å². The van der Waals surface area contributed by atoms with E-state index in [4.69, 9.17) is 4.74 Å². The fourth-order valence-electron chi connectivity index (χ4n) is 1.60. The molecule has 1 fully saturated rings. The van der Waals surface area contributed by atoms with Crippen molar-refractivity contribution in [2.75, 3.05) is 18.5 Å². The Morgan fingerprint density at radius 2 is 2.46 bits per heavy atom. The van der Waals surface area contributed by atoms with Crippen LogP contribution in [0.5, 0.6) is 0 Å². The molecule has 0 aromatic carbocycles. The van der Waals surface area contributed by atoms with E-state index in [0.717, 1.165) is 31.9 Å². The summed E-state index contributed by atoms with van der Waals surface area (Å²) in [6.45, 7) is 1.77. The second kappa shape index (κ2) is 4.28. The first-order valence-electron chi connectivity index (χ1n) is 4.78. The van der Waals surface area contributed by atoms with Gasteiger partial charge in [0.05, 0.1) is 12.5 Å². The lowest BCUT2D eigenvalue weighted by Gasteiger charge is -2.14. The molecular formula is C9H15N3O. The van der Waals surface area contributed by atoms with Gasteiger partial charge in [0.2, 0.25) is 0 Å². The van der Waals surface area contributed by atoms with Crippen molar-refractivity contribution in [1.82, 2.24) is 9.97 Å². The minimum absolute atomic E-state index is 0.531. The predicted octanol–water partition coefficient (Wildman–Crippen LogP) is 1.39. The van der Waals surface area contributed by atoms with Crippen LogP contribution in [0, 0.1) is 0 Å². The van der Waals surface area contributed by atoms with Gasteiger partial charge in [-0.25, -0.2) is 4.98 Å². The van der Waals surface area contributed by atoms with E-state index >= 15 is 0 Å². The van der Waals surface area contributed by atoms with Gasteiger partial charge in [0.25, 0.3) is 0 Å². The summed E-state index contributed by atoms with van der Waals surface area (Å²) >= 11 is 0. The summed E-state index contributed by atoms with van der Waals surface area (Å²) in [5, 5.41) is 3.40. The van der Waals surface area contributed by atoms with Crippen LogP contribution in [0.2, 0.25) is 0 Å². The number of H-pyrrole nitrogens is 1. The average Bonchev–Trinajstić information content (AvgIpc) is 2.49. The Kier molecular flexibility index (Phi) is 2.82. The van der Waals surface area contributed by atoms with Crippen LogP contribution in [0.1, 0.15) is 19.3 Å². The van der Waals surface area contributed by atoms with Crippen molar-refractivity contribution in [3.05, 3.63) is 12.5 Å². The number of aromatic nitrogens is 2. The second-order valence-corrected chi connectivity index (χ2v) is 3.35. The Balaban J connectivity index is 1.86. The molecule has 1 aliphatic rings. The SMILES string of the molecule is c1ncc(NC2CCCOCC2)[nH]1. The van der Waals surface area contributed by atoms with Crippen molar-refractivity contribution >= 4 is 5.82 Å². The Morgan fingerprint density at radius 1 is 1.46 bits per heavy atom. The Hall–Kier alpha value is -1.03. The van der Waals surface area contributed by atoms with E-state index < -0.39 is 0 Å². The van der Waals surface area contributed by atoms with E-state index in [-0.39, 0.29) is 0 Å². The maximum absolute atomic E-state index is 5.38. The zero-order chi connectivity index (χ0) is 8.93. The fourth-order valence-corrected chi connectivity index (χ4v) is 1.60. The first-order valence-corrected chi connectivity index (χ1v) is 4.78. The molecule has 1 saturated heterocycles. The molecule has 1 aliphatic heterocycles. The van der Waals surface area contributed by atoms with Crippen LogP contribution in [0.3, 0.4) is 0 Å². The number of hydrogen-bond acceptors (Lipinski definition) is 3. The summed E-state index contributed by atoms with van der Waals surface area (Å²) in [5.74, 6) is 1.01. The van der Waals surface area contributed by atoms with Crippen molar-refractivity contribution in [1.29, 1.82) is 0 Å². The minimum atomic E-state index is 0.531. The van der Waals surface area contributed by atoms with Gasteiger partial charge in [0.15, 0.2) is 0 Å². The third kappa shape index (κ3) is 2.45. The Morgan fingerprint density at radius 3 is 3.31 bits per heavy atom. The van der Waals surface area contributed by atoms with Crippen molar-refractivity contribution in [2.24, 2.45) is 0 Å². The molecule has 1 aromatic heterocycles. The number of hydrogen-bond donors (Lipinski definition) is 2. The van der Waals surface area contributed by atoms with E-state index in [9.17, 15) is 0 Å². The second-order valence-electron chi connectivity index (χ2n) is 3.35. The zero-order valence-electron chi connectivity index (χ0n) is 7.62. The number of ether oxygens (including phenoxy) is 1. The molecule has 72 valence electrons.